The van der Waals surface area contributed by atoms with Crippen LogP contribution >= 0.6 is 0 Å². The van der Waals surface area contributed by atoms with Gasteiger partial charge in [-0.2, -0.15) is 0 Å². The first kappa shape index (κ1) is 11.2. The Morgan fingerprint density at radius 3 is 2.60 bits per heavy atom. The first-order valence-corrected chi connectivity index (χ1v) is 4.67. The molecular weight excluding hydrogens is 194 g/mol. The molecule has 1 amide bonds. The van der Waals surface area contributed by atoms with E-state index in [9.17, 15) is 9.59 Å². The van der Waals surface area contributed by atoms with Crippen molar-refractivity contribution in [2.45, 2.75) is 13.3 Å². The van der Waals surface area contributed by atoms with Crippen molar-refractivity contribution in [3.8, 4) is 0 Å². The number of amides is 1. The van der Waals surface area contributed by atoms with E-state index in [4.69, 9.17) is 5.11 Å². The van der Waals surface area contributed by atoms with Crippen molar-refractivity contribution >= 4 is 11.9 Å². The van der Waals surface area contributed by atoms with Crippen molar-refractivity contribution in [2.24, 2.45) is 0 Å². The monoisotopic (exact) mass is 207 g/mol. The number of carbonyl (C=O) groups is 2. The van der Waals surface area contributed by atoms with Crippen LogP contribution in [0.3, 0.4) is 0 Å². The van der Waals surface area contributed by atoms with E-state index in [1.165, 1.54) is 6.92 Å². The lowest BCUT2D eigenvalue weighted by molar-refractivity contribution is -0.118. The first-order chi connectivity index (χ1) is 7.11. The van der Waals surface area contributed by atoms with Gasteiger partial charge in [0.05, 0.1) is 5.56 Å². The van der Waals surface area contributed by atoms with E-state index in [0.29, 0.717) is 18.5 Å². The highest BCUT2D eigenvalue weighted by Crippen LogP contribution is 2.08. The van der Waals surface area contributed by atoms with E-state index in [2.05, 4.69) is 5.32 Å². The molecule has 0 aliphatic heterocycles. The summed E-state index contributed by atoms with van der Waals surface area (Å²) in [6, 6.07) is 6.79. The second-order valence-electron chi connectivity index (χ2n) is 3.20. The van der Waals surface area contributed by atoms with Gasteiger partial charge in [-0.3, -0.25) is 4.79 Å². The molecule has 2 N–H and O–H groups in total. The maximum absolute atomic E-state index is 10.8. The third-order valence-corrected chi connectivity index (χ3v) is 2.02. The Morgan fingerprint density at radius 1 is 1.33 bits per heavy atom. The van der Waals surface area contributed by atoms with Crippen LogP contribution in [-0.4, -0.2) is 23.5 Å². The minimum Gasteiger partial charge on any atom is -0.478 e. The van der Waals surface area contributed by atoms with Crippen LogP contribution in [0.2, 0.25) is 0 Å². The topological polar surface area (TPSA) is 66.4 Å². The van der Waals surface area contributed by atoms with Crippen molar-refractivity contribution in [1.82, 2.24) is 5.32 Å². The Bertz CT molecular complexity index is 374. The van der Waals surface area contributed by atoms with Gasteiger partial charge in [0.2, 0.25) is 5.91 Å². The molecule has 0 aliphatic carbocycles. The number of benzene rings is 1. The molecule has 0 aromatic heterocycles. The van der Waals surface area contributed by atoms with Crippen LogP contribution in [0.5, 0.6) is 0 Å². The number of hydrogen-bond donors (Lipinski definition) is 2. The molecule has 15 heavy (non-hydrogen) atoms. The maximum Gasteiger partial charge on any atom is 0.335 e. The highest BCUT2D eigenvalue weighted by Gasteiger charge is 2.07. The SMILES string of the molecule is CC(=O)NCCc1ccccc1C(=O)O. The van der Waals surface area contributed by atoms with Gasteiger partial charge in [0, 0.05) is 13.5 Å². The van der Waals surface area contributed by atoms with E-state index >= 15 is 0 Å². The molecule has 0 unspecified atom stereocenters. The Kier molecular flexibility index (Phi) is 3.85. The van der Waals surface area contributed by atoms with Crippen LogP contribution in [0, 0.1) is 0 Å². The minimum absolute atomic E-state index is 0.109. The number of nitrogens with one attached hydrogen (secondary N) is 1. The molecule has 0 spiro atoms. The zero-order valence-corrected chi connectivity index (χ0v) is 8.49. The molecule has 1 aromatic carbocycles. The number of rotatable bonds is 4. The van der Waals surface area contributed by atoms with Gasteiger partial charge >= 0.3 is 5.97 Å². The molecule has 4 nitrogen and oxygen atoms in total. The molecule has 0 heterocycles. The Morgan fingerprint density at radius 2 is 2.00 bits per heavy atom. The standard InChI is InChI=1S/C11H13NO3/c1-8(13)12-7-6-9-4-2-3-5-10(9)11(14)15/h2-5H,6-7H2,1H3,(H,12,13)(H,14,15). The zero-order chi connectivity index (χ0) is 11.3. The van der Waals surface area contributed by atoms with E-state index in [-0.39, 0.29) is 5.91 Å². The molecule has 1 rings (SSSR count). The molecular formula is C11H13NO3. The maximum atomic E-state index is 10.8. The summed E-state index contributed by atoms with van der Waals surface area (Å²) >= 11 is 0. The number of carboxylic acids is 1. The molecule has 0 fully saturated rings. The van der Waals surface area contributed by atoms with Crippen LogP contribution in [0.1, 0.15) is 22.8 Å². The third-order valence-electron chi connectivity index (χ3n) is 2.02. The largest absolute Gasteiger partial charge is 0.478 e. The number of carbonyl (C=O) groups excluding carboxylic acids is 1. The summed E-state index contributed by atoms with van der Waals surface area (Å²) in [6.45, 7) is 1.89. The summed E-state index contributed by atoms with van der Waals surface area (Å²) < 4.78 is 0. The summed E-state index contributed by atoms with van der Waals surface area (Å²) in [5.41, 5.74) is 1.03. The van der Waals surface area contributed by atoms with E-state index in [0.717, 1.165) is 5.56 Å². The minimum atomic E-state index is -0.937. The average Bonchev–Trinajstić information content (AvgIpc) is 2.17. The second kappa shape index (κ2) is 5.14. The molecule has 0 bridgehead atoms. The fourth-order valence-corrected chi connectivity index (χ4v) is 1.32. The van der Waals surface area contributed by atoms with E-state index < -0.39 is 5.97 Å². The summed E-state index contributed by atoms with van der Waals surface area (Å²) in [7, 11) is 0. The molecule has 1 aromatic rings. The fraction of sp³-hybridized carbons (Fsp3) is 0.273. The first-order valence-electron chi connectivity index (χ1n) is 4.67. The Hall–Kier alpha value is -1.84. The van der Waals surface area contributed by atoms with E-state index in [1.54, 1.807) is 24.3 Å². The van der Waals surface area contributed by atoms with Crippen molar-refractivity contribution in [3.05, 3.63) is 35.4 Å². The van der Waals surface area contributed by atoms with Gasteiger partial charge in [0.15, 0.2) is 0 Å². The van der Waals surface area contributed by atoms with Crippen molar-refractivity contribution in [1.29, 1.82) is 0 Å². The lowest BCUT2D eigenvalue weighted by atomic mass is 10.0. The van der Waals surface area contributed by atoms with Crippen molar-refractivity contribution in [3.63, 3.8) is 0 Å². The van der Waals surface area contributed by atoms with Crippen LogP contribution in [-0.2, 0) is 11.2 Å². The smallest absolute Gasteiger partial charge is 0.335 e. The van der Waals surface area contributed by atoms with Crippen molar-refractivity contribution in [2.75, 3.05) is 6.54 Å². The van der Waals surface area contributed by atoms with Crippen LogP contribution in [0.25, 0.3) is 0 Å². The number of aromatic carboxylic acids is 1. The van der Waals surface area contributed by atoms with Crippen LogP contribution < -0.4 is 5.32 Å². The van der Waals surface area contributed by atoms with Gasteiger partial charge in [-0.05, 0) is 18.1 Å². The van der Waals surface area contributed by atoms with Crippen LogP contribution in [0.4, 0.5) is 0 Å². The Balaban J connectivity index is 2.67. The van der Waals surface area contributed by atoms with Gasteiger partial charge in [0.25, 0.3) is 0 Å². The lowest BCUT2D eigenvalue weighted by Crippen LogP contribution is -2.23. The Labute approximate surface area is 87.9 Å². The van der Waals surface area contributed by atoms with Gasteiger partial charge in [-0.15, -0.1) is 0 Å². The fourth-order valence-electron chi connectivity index (χ4n) is 1.32. The average molecular weight is 207 g/mol. The number of carboxylic acid groups (broad SMARTS) is 1. The van der Waals surface area contributed by atoms with Gasteiger partial charge in [-0.1, -0.05) is 18.2 Å². The van der Waals surface area contributed by atoms with Crippen molar-refractivity contribution < 1.29 is 14.7 Å². The summed E-state index contributed by atoms with van der Waals surface area (Å²) in [5.74, 6) is -1.05. The molecule has 0 aliphatic rings. The second-order valence-corrected chi connectivity index (χ2v) is 3.20. The molecule has 0 saturated carbocycles. The van der Waals surface area contributed by atoms with E-state index in [1.807, 2.05) is 0 Å². The zero-order valence-electron chi connectivity index (χ0n) is 8.49. The van der Waals surface area contributed by atoms with Gasteiger partial charge in [-0.25, -0.2) is 4.79 Å². The number of hydrogen-bond acceptors (Lipinski definition) is 2. The third kappa shape index (κ3) is 3.42. The highest BCUT2D eigenvalue weighted by atomic mass is 16.4. The summed E-state index contributed by atoms with van der Waals surface area (Å²) in [5, 5.41) is 11.5. The molecule has 0 atom stereocenters. The summed E-state index contributed by atoms with van der Waals surface area (Å²) in [6.07, 6.45) is 0.530. The molecule has 0 saturated heterocycles. The van der Waals surface area contributed by atoms with Gasteiger partial charge in [0.1, 0.15) is 0 Å². The predicted octanol–water partition coefficient (Wildman–Crippen LogP) is 1.06. The molecule has 0 radical (unpaired) electrons. The lowest BCUT2D eigenvalue weighted by Gasteiger charge is -2.05. The van der Waals surface area contributed by atoms with Crippen LogP contribution in [0.15, 0.2) is 24.3 Å². The quantitative estimate of drug-likeness (QED) is 0.775. The normalized spacial score (nSPS) is 9.67. The predicted molar refractivity (Wildman–Crippen MR) is 55.8 cm³/mol. The molecule has 80 valence electrons. The molecule has 4 heteroatoms. The highest BCUT2D eigenvalue weighted by molar-refractivity contribution is 5.89. The van der Waals surface area contributed by atoms with Gasteiger partial charge < -0.3 is 10.4 Å². The summed E-state index contributed by atoms with van der Waals surface area (Å²) in [4.78, 5) is 21.5.